The van der Waals surface area contributed by atoms with E-state index in [0.717, 1.165) is 5.56 Å². The Morgan fingerprint density at radius 3 is 2.35 bits per heavy atom. The van der Waals surface area contributed by atoms with Gasteiger partial charge in [-0.2, -0.15) is 4.31 Å². The Hall–Kier alpha value is -2.22. The topological polar surface area (TPSA) is 76.2 Å². The minimum atomic E-state index is -3.75. The summed E-state index contributed by atoms with van der Waals surface area (Å²) in [6.45, 7) is 2.71. The van der Waals surface area contributed by atoms with E-state index in [2.05, 4.69) is 4.74 Å². The quantitative estimate of drug-likeness (QED) is 0.549. The van der Waals surface area contributed by atoms with Crippen LogP contribution < -0.4 is 0 Å². The lowest BCUT2D eigenvalue weighted by Gasteiger charge is -2.28. The van der Waals surface area contributed by atoms with Crippen molar-refractivity contribution in [2.45, 2.75) is 24.0 Å². The minimum absolute atomic E-state index is 0.0784. The zero-order chi connectivity index (χ0) is 18.7. The average Bonchev–Trinajstić information content (AvgIpc) is 3.50. The van der Waals surface area contributed by atoms with E-state index in [0.29, 0.717) is 12.2 Å². The van der Waals surface area contributed by atoms with E-state index in [1.54, 1.807) is 0 Å². The molecule has 1 fully saturated rings. The van der Waals surface area contributed by atoms with Crippen LogP contribution in [0.3, 0.4) is 0 Å². The highest BCUT2D eigenvalue weighted by molar-refractivity contribution is 7.89. The molecule has 1 aliphatic rings. The highest BCUT2D eigenvalue weighted by Crippen LogP contribution is 2.29. The Kier molecular flexibility index (Phi) is 5.41. The van der Waals surface area contributed by atoms with Crippen molar-refractivity contribution in [3.8, 4) is 0 Å². The highest BCUT2D eigenvalue weighted by Gasteiger charge is 2.36. The first-order valence-electron chi connectivity index (χ1n) is 8.30. The largest absolute Gasteiger partial charge is 0.465 e. The first kappa shape index (κ1) is 18.6. The van der Waals surface area contributed by atoms with Gasteiger partial charge in [0.05, 0.1) is 30.3 Å². The summed E-state index contributed by atoms with van der Waals surface area (Å²) in [5.74, 6) is -0.505. The second-order valence-electron chi connectivity index (χ2n) is 6.13. The van der Waals surface area contributed by atoms with Crippen LogP contribution in [0.25, 0.3) is 0 Å². The molecule has 1 aliphatic heterocycles. The van der Waals surface area contributed by atoms with Gasteiger partial charge in [-0.1, -0.05) is 30.3 Å². The van der Waals surface area contributed by atoms with Crippen molar-refractivity contribution in [3.63, 3.8) is 0 Å². The lowest BCUT2D eigenvalue weighted by atomic mass is 10.1. The number of nitrogens with zero attached hydrogens (tertiary/aromatic N) is 1. The van der Waals surface area contributed by atoms with E-state index in [9.17, 15) is 13.2 Å². The van der Waals surface area contributed by atoms with Crippen molar-refractivity contribution in [1.82, 2.24) is 4.31 Å². The minimum Gasteiger partial charge on any atom is -0.465 e. The zero-order valence-corrected chi connectivity index (χ0v) is 15.5. The molecule has 0 N–H and O–H groups in total. The number of hydrogen-bond acceptors (Lipinski definition) is 5. The zero-order valence-electron chi connectivity index (χ0n) is 14.7. The number of ether oxygens (including phenoxy) is 2. The van der Waals surface area contributed by atoms with Crippen molar-refractivity contribution < 1.29 is 22.7 Å². The SMILES string of the molecule is COC(=O)c1ccc(S(=O)(=O)N(CC2CO2)C(C)c2ccccc2)cc1. The van der Waals surface area contributed by atoms with Crippen molar-refractivity contribution in [3.05, 3.63) is 65.7 Å². The predicted octanol–water partition coefficient (Wildman–Crippen LogP) is 2.62. The van der Waals surface area contributed by atoms with E-state index in [1.807, 2.05) is 37.3 Å². The number of hydrogen-bond donors (Lipinski definition) is 0. The summed E-state index contributed by atoms with van der Waals surface area (Å²) < 4.78 is 37.8. The molecule has 1 saturated heterocycles. The second kappa shape index (κ2) is 7.57. The average molecular weight is 375 g/mol. The van der Waals surface area contributed by atoms with Gasteiger partial charge < -0.3 is 9.47 Å². The van der Waals surface area contributed by atoms with Crippen molar-refractivity contribution >= 4 is 16.0 Å². The standard InChI is InChI=1S/C19H21NO5S/c1-14(15-6-4-3-5-7-15)20(12-17-13-25-17)26(22,23)18-10-8-16(9-11-18)19(21)24-2/h3-11,14,17H,12-13H2,1-2H3. The van der Waals surface area contributed by atoms with E-state index >= 15 is 0 Å². The van der Waals surface area contributed by atoms with Crippen LogP contribution in [0.5, 0.6) is 0 Å². The molecule has 0 bridgehead atoms. The fourth-order valence-corrected chi connectivity index (χ4v) is 4.40. The molecule has 0 amide bonds. The Morgan fingerprint density at radius 1 is 1.19 bits per heavy atom. The number of epoxide rings is 1. The van der Waals surface area contributed by atoms with Gasteiger partial charge in [0.1, 0.15) is 0 Å². The molecular weight excluding hydrogens is 354 g/mol. The molecule has 26 heavy (non-hydrogen) atoms. The van der Waals surface area contributed by atoms with E-state index in [4.69, 9.17) is 4.74 Å². The molecule has 0 spiro atoms. The number of methoxy groups -OCH3 is 1. The fourth-order valence-electron chi connectivity index (χ4n) is 2.75. The molecule has 6 nitrogen and oxygen atoms in total. The molecule has 2 aromatic carbocycles. The van der Waals surface area contributed by atoms with Gasteiger partial charge in [-0.05, 0) is 36.8 Å². The maximum Gasteiger partial charge on any atom is 0.337 e. The third-order valence-electron chi connectivity index (χ3n) is 4.38. The number of carbonyl (C=O) groups excluding carboxylic acids is 1. The van der Waals surface area contributed by atoms with Crippen LogP contribution >= 0.6 is 0 Å². The number of carbonyl (C=O) groups is 1. The van der Waals surface area contributed by atoms with Crippen LogP contribution in [0.4, 0.5) is 0 Å². The monoisotopic (exact) mass is 375 g/mol. The van der Waals surface area contributed by atoms with Gasteiger partial charge in [0, 0.05) is 12.6 Å². The summed E-state index contributed by atoms with van der Waals surface area (Å²) in [5.41, 5.74) is 1.21. The predicted molar refractivity (Wildman–Crippen MR) is 96.3 cm³/mol. The summed E-state index contributed by atoms with van der Waals surface area (Å²) in [6, 6.07) is 14.9. The molecule has 7 heteroatoms. The van der Waals surface area contributed by atoms with Crippen molar-refractivity contribution in [2.75, 3.05) is 20.3 Å². The third kappa shape index (κ3) is 3.95. The van der Waals surface area contributed by atoms with Gasteiger partial charge in [0.15, 0.2) is 0 Å². The van der Waals surface area contributed by atoms with Crippen LogP contribution in [0.15, 0.2) is 59.5 Å². The van der Waals surface area contributed by atoms with Crippen LogP contribution in [0, 0.1) is 0 Å². The van der Waals surface area contributed by atoms with Gasteiger partial charge in [-0.15, -0.1) is 0 Å². The number of sulfonamides is 1. The molecule has 0 aromatic heterocycles. The molecule has 2 unspecified atom stereocenters. The van der Waals surface area contributed by atoms with Crippen molar-refractivity contribution in [2.24, 2.45) is 0 Å². The Balaban J connectivity index is 1.92. The number of esters is 1. The summed E-state index contributed by atoms with van der Waals surface area (Å²) in [4.78, 5) is 11.7. The molecule has 0 radical (unpaired) electrons. The van der Waals surface area contributed by atoms with Crippen LogP contribution in [-0.2, 0) is 19.5 Å². The van der Waals surface area contributed by atoms with E-state index in [1.165, 1.54) is 35.7 Å². The fraction of sp³-hybridized carbons (Fsp3) is 0.316. The number of benzene rings is 2. The molecule has 138 valence electrons. The first-order valence-corrected chi connectivity index (χ1v) is 9.74. The van der Waals surface area contributed by atoms with E-state index in [-0.39, 0.29) is 23.6 Å². The summed E-state index contributed by atoms with van der Waals surface area (Å²) in [7, 11) is -2.47. The Labute approximate surface area is 153 Å². The van der Waals surface area contributed by atoms with Crippen LogP contribution in [0.2, 0.25) is 0 Å². The second-order valence-corrected chi connectivity index (χ2v) is 8.02. The van der Waals surface area contributed by atoms with Gasteiger partial charge in [-0.25, -0.2) is 13.2 Å². The summed E-state index contributed by atoms with van der Waals surface area (Å²) >= 11 is 0. The highest BCUT2D eigenvalue weighted by atomic mass is 32.2. The van der Waals surface area contributed by atoms with Crippen molar-refractivity contribution in [1.29, 1.82) is 0 Å². The molecule has 0 aliphatic carbocycles. The molecule has 2 aromatic rings. The van der Waals surface area contributed by atoms with Gasteiger partial charge in [0.2, 0.25) is 10.0 Å². The Bertz CT molecular complexity index is 861. The Morgan fingerprint density at radius 2 is 1.81 bits per heavy atom. The van der Waals surface area contributed by atoms with Crippen LogP contribution in [0.1, 0.15) is 28.9 Å². The molecule has 0 saturated carbocycles. The summed E-state index contributed by atoms with van der Waals surface area (Å²) in [5, 5.41) is 0. The maximum absolute atomic E-state index is 13.2. The molecule has 1 heterocycles. The van der Waals surface area contributed by atoms with E-state index < -0.39 is 16.0 Å². The molecule has 3 rings (SSSR count). The summed E-state index contributed by atoms with van der Waals surface area (Å²) in [6.07, 6.45) is -0.0784. The van der Waals surface area contributed by atoms with Gasteiger partial charge in [-0.3, -0.25) is 0 Å². The lowest BCUT2D eigenvalue weighted by Crippen LogP contribution is -2.36. The third-order valence-corrected chi connectivity index (χ3v) is 6.33. The lowest BCUT2D eigenvalue weighted by molar-refractivity contribution is 0.0600. The van der Waals surface area contributed by atoms with Crippen LogP contribution in [-0.4, -0.2) is 45.1 Å². The normalized spacial score (nSPS) is 17.7. The van der Waals surface area contributed by atoms with Gasteiger partial charge in [0.25, 0.3) is 0 Å². The smallest absolute Gasteiger partial charge is 0.337 e. The maximum atomic E-state index is 13.2. The molecular formula is C19H21NO5S. The first-order chi connectivity index (χ1) is 12.4. The number of rotatable bonds is 7. The molecule has 2 atom stereocenters. The van der Waals surface area contributed by atoms with Gasteiger partial charge >= 0.3 is 5.97 Å².